The largest absolute Gasteiger partial charge is 0.300 e. The highest BCUT2D eigenvalue weighted by Crippen LogP contribution is 2.25. The van der Waals surface area contributed by atoms with E-state index in [2.05, 4.69) is 92.7 Å². The molecular formula is C26H24ClN. The van der Waals surface area contributed by atoms with Gasteiger partial charge in [-0.25, -0.2) is 0 Å². The van der Waals surface area contributed by atoms with E-state index in [4.69, 9.17) is 5.41 Å². The summed E-state index contributed by atoms with van der Waals surface area (Å²) in [5.74, 6) is 0. The zero-order valence-electron chi connectivity index (χ0n) is 16.2. The molecule has 28 heavy (non-hydrogen) atoms. The van der Waals surface area contributed by atoms with Crippen LogP contribution in [0.1, 0.15) is 33.4 Å². The molecule has 0 saturated carbocycles. The first-order valence-corrected chi connectivity index (χ1v) is 9.35. The first-order valence-electron chi connectivity index (χ1n) is 9.35. The van der Waals surface area contributed by atoms with Crippen molar-refractivity contribution in [2.45, 2.75) is 20.3 Å². The van der Waals surface area contributed by atoms with Crippen LogP contribution in [0, 0.1) is 19.3 Å². The van der Waals surface area contributed by atoms with E-state index in [1.54, 1.807) is 0 Å². The number of fused-ring (bicyclic) bond motifs is 1. The van der Waals surface area contributed by atoms with Crippen molar-refractivity contribution in [3.8, 4) is 0 Å². The molecule has 1 nitrogen and oxygen atoms in total. The Balaban J connectivity index is 0.00000225. The van der Waals surface area contributed by atoms with E-state index in [0.717, 1.165) is 28.7 Å². The van der Waals surface area contributed by atoms with Crippen LogP contribution < -0.4 is 0 Å². The van der Waals surface area contributed by atoms with Gasteiger partial charge in [0.25, 0.3) is 0 Å². The summed E-state index contributed by atoms with van der Waals surface area (Å²) in [5.41, 5.74) is 7.48. The summed E-state index contributed by atoms with van der Waals surface area (Å²) in [7, 11) is 0. The van der Waals surface area contributed by atoms with Gasteiger partial charge >= 0.3 is 0 Å². The number of halogens is 1. The molecule has 0 aliphatic heterocycles. The third-order valence-electron chi connectivity index (χ3n) is 5.28. The number of nitrogens with one attached hydrogen (secondary N) is 1. The molecule has 0 heterocycles. The van der Waals surface area contributed by atoms with Crippen molar-refractivity contribution in [1.29, 1.82) is 5.41 Å². The van der Waals surface area contributed by atoms with Gasteiger partial charge in [-0.15, -0.1) is 12.4 Å². The molecule has 4 aromatic carbocycles. The van der Waals surface area contributed by atoms with E-state index in [-0.39, 0.29) is 12.4 Å². The Kier molecular flexibility index (Phi) is 5.96. The molecule has 0 radical (unpaired) electrons. The maximum absolute atomic E-state index is 8.92. The number of rotatable bonds is 4. The maximum Gasteiger partial charge on any atom is 0.0692 e. The molecule has 0 aliphatic carbocycles. The molecule has 1 N–H and O–H groups in total. The molecule has 4 rings (SSSR count). The third-order valence-corrected chi connectivity index (χ3v) is 5.28. The van der Waals surface area contributed by atoms with Gasteiger partial charge in [0.05, 0.1) is 5.71 Å². The van der Waals surface area contributed by atoms with E-state index >= 15 is 0 Å². The molecule has 0 saturated heterocycles. The molecule has 0 fully saturated rings. The Morgan fingerprint density at radius 3 is 2.04 bits per heavy atom. The Morgan fingerprint density at radius 2 is 1.25 bits per heavy atom. The second-order valence-corrected chi connectivity index (χ2v) is 7.11. The normalized spacial score (nSPS) is 10.5. The van der Waals surface area contributed by atoms with Gasteiger partial charge < -0.3 is 0 Å². The fourth-order valence-electron chi connectivity index (χ4n) is 3.91. The van der Waals surface area contributed by atoms with Crippen LogP contribution in [0.4, 0.5) is 0 Å². The Bertz CT molecular complexity index is 1120. The molecule has 0 spiro atoms. The van der Waals surface area contributed by atoms with Crippen LogP contribution in [0.3, 0.4) is 0 Å². The predicted octanol–water partition coefficient (Wildman–Crippen LogP) is 6.89. The van der Waals surface area contributed by atoms with Gasteiger partial charge in [-0.2, -0.15) is 0 Å². The fourth-order valence-corrected chi connectivity index (χ4v) is 3.91. The summed E-state index contributed by atoms with van der Waals surface area (Å²) < 4.78 is 0. The maximum atomic E-state index is 8.92. The molecule has 0 aromatic heterocycles. The van der Waals surface area contributed by atoms with Crippen LogP contribution in [0.15, 0.2) is 84.9 Å². The minimum atomic E-state index is 0. The summed E-state index contributed by atoms with van der Waals surface area (Å²) in [4.78, 5) is 0. The van der Waals surface area contributed by atoms with Gasteiger partial charge in [-0.05, 0) is 53.3 Å². The number of hydrogen-bond acceptors (Lipinski definition) is 1. The lowest BCUT2D eigenvalue weighted by molar-refractivity contribution is 1.20. The van der Waals surface area contributed by atoms with E-state index < -0.39 is 0 Å². The number of hydrogen-bond donors (Lipinski definition) is 1. The van der Waals surface area contributed by atoms with Gasteiger partial charge in [-0.1, -0.05) is 84.9 Å². The first kappa shape index (κ1) is 19.9. The summed E-state index contributed by atoms with van der Waals surface area (Å²) in [6.45, 7) is 4.17. The monoisotopic (exact) mass is 385 g/mol. The van der Waals surface area contributed by atoms with Crippen molar-refractivity contribution < 1.29 is 0 Å². The van der Waals surface area contributed by atoms with Crippen molar-refractivity contribution in [3.63, 3.8) is 0 Å². The molecule has 4 aromatic rings. The zero-order chi connectivity index (χ0) is 18.8. The average Bonchev–Trinajstić information content (AvgIpc) is 2.68. The molecule has 0 aliphatic rings. The number of aryl methyl sites for hydroxylation is 2. The van der Waals surface area contributed by atoms with Crippen molar-refractivity contribution in [2.75, 3.05) is 0 Å². The van der Waals surface area contributed by atoms with E-state index in [0.29, 0.717) is 5.71 Å². The van der Waals surface area contributed by atoms with Crippen LogP contribution in [0.2, 0.25) is 0 Å². The zero-order valence-corrected chi connectivity index (χ0v) is 17.0. The van der Waals surface area contributed by atoms with E-state index in [1.165, 1.54) is 21.9 Å². The van der Waals surface area contributed by atoms with Crippen LogP contribution in [-0.4, -0.2) is 5.71 Å². The van der Waals surface area contributed by atoms with Gasteiger partial charge in [-0.3, -0.25) is 5.41 Å². The molecular weight excluding hydrogens is 362 g/mol. The van der Waals surface area contributed by atoms with Crippen molar-refractivity contribution in [1.82, 2.24) is 0 Å². The van der Waals surface area contributed by atoms with Crippen molar-refractivity contribution >= 4 is 28.9 Å². The quantitative estimate of drug-likeness (QED) is 0.370. The first-order chi connectivity index (χ1) is 13.1. The Hall–Kier alpha value is -2.90. The molecule has 0 amide bonds. The average molecular weight is 386 g/mol. The van der Waals surface area contributed by atoms with Gasteiger partial charge in [0.15, 0.2) is 0 Å². The van der Waals surface area contributed by atoms with Gasteiger partial charge in [0.2, 0.25) is 0 Å². The molecule has 0 atom stereocenters. The number of benzene rings is 4. The van der Waals surface area contributed by atoms with E-state index in [1.807, 2.05) is 6.07 Å². The molecule has 140 valence electrons. The SMILES string of the molecule is Cc1cccc(C)c1C(=N)c1ccccc1Cc1cccc2ccccc12.Cl. The van der Waals surface area contributed by atoms with Gasteiger partial charge in [0.1, 0.15) is 0 Å². The molecule has 0 bridgehead atoms. The Labute approximate surface area is 173 Å². The van der Waals surface area contributed by atoms with Crippen molar-refractivity contribution in [2.24, 2.45) is 0 Å². The van der Waals surface area contributed by atoms with E-state index in [9.17, 15) is 0 Å². The highest BCUT2D eigenvalue weighted by Gasteiger charge is 2.14. The summed E-state index contributed by atoms with van der Waals surface area (Å²) in [5, 5.41) is 11.5. The van der Waals surface area contributed by atoms with Crippen molar-refractivity contribution in [3.05, 3.63) is 118 Å². The fraction of sp³-hybridized carbons (Fsp3) is 0.115. The highest BCUT2D eigenvalue weighted by atomic mass is 35.5. The highest BCUT2D eigenvalue weighted by molar-refractivity contribution is 6.13. The lowest BCUT2D eigenvalue weighted by Crippen LogP contribution is -2.09. The second kappa shape index (κ2) is 8.41. The molecule has 2 heteroatoms. The smallest absolute Gasteiger partial charge is 0.0692 e. The molecule has 0 unspecified atom stereocenters. The summed E-state index contributed by atoms with van der Waals surface area (Å²) in [6.07, 6.45) is 0.824. The second-order valence-electron chi connectivity index (χ2n) is 7.11. The lowest BCUT2D eigenvalue weighted by Gasteiger charge is -2.15. The third kappa shape index (κ3) is 3.72. The minimum absolute atomic E-state index is 0. The van der Waals surface area contributed by atoms with Crippen LogP contribution in [0.5, 0.6) is 0 Å². The summed E-state index contributed by atoms with van der Waals surface area (Å²) >= 11 is 0. The summed E-state index contributed by atoms with van der Waals surface area (Å²) in [6, 6.07) is 29.6. The van der Waals surface area contributed by atoms with Crippen LogP contribution in [-0.2, 0) is 6.42 Å². The topological polar surface area (TPSA) is 23.9 Å². The van der Waals surface area contributed by atoms with Crippen LogP contribution >= 0.6 is 12.4 Å². The standard InChI is InChI=1S/C26H23N.ClH/c1-18-9-7-10-19(2)25(18)26(27)24-16-6-4-12-22(24)17-21-14-8-13-20-11-3-5-15-23(20)21;/h3-16,27H,17H2,1-2H3;1H. The predicted molar refractivity (Wildman–Crippen MR) is 122 cm³/mol. The van der Waals surface area contributed by atoms with Crippen LogP contribution in [0.25, 0.3) is 10.8 Å². The van der Waals surface area contributed by atoms with Gasteiger partial charge in [0, 0.05) is 11.1 Å². The lowest BCUT2D eigenvalue weighted by atomic mass is 9.89. The minimum Gasteiger partial charge on any atom is -0.300 e. The Morgan fingerprint density at radius 1 is 0.679 bits per heavy atom.